The molecule has 0 radical (unpaired) electrons. The van der Waals surface area contributed by atoms with Crippen LogP contribution in [0.4, 0.5) is 13.2 Å². The van der Waals surface area contributed by atoms with Crippen molar-refractivity contribution in [3.05, 3.63) is 35.4 Å². The van der Waals surface area contributed by atoms with E-state index in [9.17, 15) is 18.0 Å². The van der Waals surface area contributed by atoms with Crippen LogP contribution in [0.5, 0.6) is 0 Å². The Labute approximate surface area is 133 Å². The maximum atomic E-state index is 12.8. The highest BCUT2D eigenvalue weighted by Gasteiger charge is 2.36. The smallest absolute Gasteiger partial charge is 0.385 e. The molecule has 1 amide bonds. The monoisotopic (exact) mass is 330 g/mol. The number of amides is 1. The molecule has 1 aromatic rings. The van der Waals surface area contributed by atoms with Crippen LogP contribution in [0.3, 0.4) is 0 Å². The summed E-state index contributed by atoms with van der Waals surface area (Å²) in [6, 6.07) is 5.23. The van der Waals surface area contributed by atoms with Crippen molar-refractivity contribution >= 4 is 5.91 Å². The first kappa shape index (κ1) is 17.7. The summed E-state index contributed by atoms with van der Waals surface area (Å²) in [4.78, 5) is 12.3. The fourth-order valence-electron chi connectivity index (χ4n) is 2.81. The number of methoxy groups -OCH3 is 1. The third-order valence-electron chi connectivity index (χ3n) is 4.02. The van der Waals surface area contributed by atoms with Crippen LogP contribution in [0.25, 0.3) is 0 Å². The summed E-state index contributed by atoms with van der Waals surface area (Å²) in [5, 5.41) is 5.92. The van der Waals surface area contributed by atoms with Crippen molar-refractivity contribution in [2.24, 2.45) is 5.92 Å². The van der Waals surface area contributed by atoms with Gasteiger partial charge in [-0.3, -0.25) is 4.79 Å². The number of ether oxygens (including phenoxy) is 1. The third kappa shape index (κ3) is 4.68. The van der Waals surface area contributed by atoms with Crippen molar-refractivity contribution in [1.82, 2.24) is 10.6 Å². The molecule has 1 fully saturated rings. The lowest BCUT2D eigenvalue weighted by Gasteiger charge is -2.19. The van der Waals surface area contributed by atoms with Gasteiger partial charge < -0.3 is 15.4 Å². The zero-order chi connectivity index (χ0) is 16.9. The van der Waals surface area contributed by atoms with Gasteiger partial charge in [-0.2, -0.15) is 13.2 Å². The first-order chi connectivity index (χ1) is 10.9. The first-order valence-electron chi connectivity index (χ1n) is 7.58. The predicted molar refractivity (Wildman–Crippen MR) is 80.0 cm³/mol. The molecule has 0 spiro atoms. The van der Waals surface area contributed by atoms with Gasteiger partial charge in [-0.1, -0.05) is 18.2 Å². The van der Waals surface area contributed by atoms with Gasteiger partial charge >= 0.3 is 6.18 Å². The molecule has 7 heteroatoms. The summed E-state index contributed by atoms with van der Waals surface area (Å²) in [6.45, 7) is 2.02. The van der Waals surface area contributed by atoms with Crippen LogP contribution in [0.2, 0.25) is 0 Å². The highest BCUT2D eigenvalue weighted by atomic mass is 19.4. The van der Waals surface area contributed by atoms with Gasteiger partial charge in [0.2, 0.25) is 5.91 Å². The van der Waals surface area contributed by atoms with E-state index in [2.05, 4.69) is 10.6 Å². The molecule has 0 aromatic heterocycles. The van der Waals surface area contributed by atoms with Gasteiger partial charge in [-0.15, -0.1) is 0 Å². The predicted octanol–water partition coefficient (Wildman–Crippen LogP) is 2.16. The lowest BCUT2D eigenvalue weighted by molar-refractivity contribution is -0.137. The second-order valence-electron chi connectivity index (χ2n) is 5.63. The Morgan fingerprint density at radius 1 is 1.39 bits per heavy atom. The molecule has 2 unspecified atom stereocenters. The molecule has 4 nitrogen and oxygen atoms in total. The van der Waals surface area contributed by atoms with Crippen LogP contribution in [0, 0.1) is 5.92 Å². The number of hydrogen-bond donors (Lipinski definition) is 2. The summed E-state index contributed by atoms with van der Waals surface area (Å²) in [5.41, 5.74) is -0.136. The molecule has 0 bridgehead atoms. The zero-order valence-electron chi connectivity index (χ0n) is 13.0. The fraction of sp³-hybridized carbons (Fsp3) is 0.562. The van der Waals surface area contributed by atoms with E-state index in [-0.39, 0.29) is 17.7 Å². The van der Waals surface area contributed by atoms with E-state index in [4.69, 9.17) is 4.74 Å². The topological polar surface area (TPSA) is 50.4 Å². The Hall–Kier alpha value is -1.60. The van der Waals surface area contributed by atoms with Crippen LogP contribution in [-0.2, 0) is 15.7 Å². The van der Waals surface area contributed by atoms with Gasteiger partial charge in [0, 0.05) is 39.3 Å². The van der Waals surface area contributed by atoms with Gasteiger partial charge in [0.05, 0.1) is 11.5 Å². The lowest BCUT2D eigenvalue weighted by Crippen LogP contribution is -2.35. The zero-order valence-corrected chi connectivity index (χ0v) is 13.0. The van der Waals surface area contributed by atoms with Crippen LogP contribution < -0.4 is 10.6 Å². The molecule has 0 aliphatic carbocycles. The fourth-order valence-corrected chi connectivity index (χ4v) is 2.81. The van der Waals surface area contributed by atoms with Gasteiger partial charge in [0.1, 0.15) is 0 Å². The molecule has 0 saturated carbocycles. The Bertz CT molecular complexity index is 534. The average Bonchev–Trinajstić information content (AvgIpc) is 3.00. The van der Waals surface area contributed by atoms with Crippen LogP contribution in [0.15, 0.2) is 24.3 Å². The molecule has 1 saturated heterocycles. The van der Waals surface area contributed by atoms with Crippen molar-refractivity contribution in [1.29, 1.82) is 0 Å². The van der Waals surface area contributed by atoms with E-state index in [0.717, 1.165) is 12.1 Å². The van der Waals surface area contributed by atoms with E-state index in [1.54, 1.807) is 13.2 Å². The minimum Gasteiger partial charge on any atom is -0.385 e. The van der Waals surface area contributed by atoms with Crippen molar-refractivity contribution in [3.8, 4) is 0 Å². The lowest BCUT2D eigenvalue weighted by atomic mass is 9.87. The molecule has 23 heavy (non-hydrogen) atoms. The highest BCUT2D eigenvalue weighted by molar-refractivity contribution is 5.80. The van der Waals surface area contributed by atoms with Crippen LogP contribution in [0.1, 0.15) is 23.5 Å². The number of hydrogen-bond acceptors (Lipinski definition) is 3. The van der Waals surface area contributed by atoms with Gasteiger partial charge in [0.25, 0.3) is 0 Å². The number of rotatable bonds is 6. The molecule has 1 aliphatic rings. The van der Waals surface area contributed by atoms with Crippen LogP contribution >= 0.6 is 0 Å². The van der Waals surface area contributed by atoms with Gasteiger partial charge in [-0.25, -0.2) is 0 Å². The van der Waals surface area contributed by atoms with E-state index < -0.39 is 11.7 Å². The number of halogens is 3. The second kappa shape index (κ2) is 7.79. The molecule has 2 N–H and O–H groups in total. The Morgan fingerprint density at radius 3 is 2.87 bits per heavy atom. The molecule has 1 aromatic carbocycles. The van der Waals surface area contributed by atoms with E-state index in [1.165, 1.54) is 6.07 Å². The van der Waals surface area contributed by atoms with E-state index in [1.807, 2.05) is 0 Å². The maximum Gasteiger partial charge on any atom is 0.416 e. The van der Waals surface area contributed by atoms with Crippen molar-refractivity contribution in [3.63, 3.8) is 0 Å². The van der Waals surface area contributed by atoms with E-state index in [0.29, 0.717) is 38.2 Å². The SMILES string of the molecule is COCCCNC(=O)C1CNCC1c1cccc(C(F)(F)F)c1. The number of nitrogens with one attached hydrogen (secondary N) is 2. The summed E-state index contributed by atoms with van der Waals surface area (Å²) < 4.78 is 43.4. The average molecular weight is 330 g/mol. The number of carbonyl (C=O) groups is 1. The van der Waals surface area contributed by atoms with Crippen molar-refractivity contribution < 1.29 is 22.7 Å². The third-order valence-corrected chi connectivity index (χ3v) is 4.02. The number of carbonyl (C=O) groups excluding carboxylic acids is 1. The van der Waals surface area contributed by atoms with Crippen LogP contribution in [-0.4, -0.2) is 39.3 Å². The first-order valence-corrected chi connectivity index (χ1v) is 7.58. The summed E-state index contributed by atoms with van der Waals surface area (Å²) in [6.07, 6.45) is -3.67. The standard InChI is InChI=1S/C16H21F3N2O2/c1-23-7-3-6-21-15(22)14-10-20-9-13(14)11-4-2-5-12(8-11)16(17,18)19/h2,4-5,8,13-14,20H,3,6-7,9-10H2,1H3,(H,21,22). The molecule has 128 valence electrons. The minimum atomic E-state index is -4.38. The highest BCUT2D eigenvalue weighted by Crippen LogP contribution is 2.34. The Morgan fingerprint density at radius 2 is 2.17 bits per heavy atom. The van der Waals surface area contributed by atoms with Gasteiger partial charge in [-0.05, 0) is 18.1 Å². The number of benzene rings is 1. The largest absolute Gasteiger partial charge is 0.416 e. The molecule has 2 rings (SSSR count). The Kier molecular flexibility index (Phi) is 6.01. The van der Waals surface area contributed by atoms with E-state index >= 15 is 0 Å². The molecule has 1 aliphatic heterocycles. The minimum absolute atomic E-state index is 0.131. The van der Waals surface area contributed by atoms with Crippen molar-refractivity contribution in [2.45, 2.75) is 18.5 Å². The normalized spacial score (nSPS) is 21.4. The Balaban J connectivity index is 2.05. The molecular formula is C16H21F3N2O2. The quantitative estimate of drug-likeness (QED) is 0.786. The second-order valence-corrected chi connectivity index (χ2v) is 5.63. The molecular weight excluding hydrogens is 309 g/mol. The maximum absolute atomic E-state index is 12.8. The van der Waals surface area contributed by atoms with Crippen molar-refractivity contribution in [2.75, 3.05) is 33.4 Å². The van der Waals surface area contributed by atoms with Gasteiger partial charge in [0.15, 0.2) is 0 Å². The summed E-state index contributed by atoms with van der Waals surface area (Å²) >= 11 is 0. The number of alkyl halides is 3. The summed E-state index contributed by atoms with van der Waals surface area (Å²) in [7, 11) is 1.59. The summed E-state index contributed by atoms with van der Waals surface area (Å²) in [5.74, 6) is -0.741. The molecule has 1 heterocycles. The molecule has 2 atom stereocenters.